The van der Waals surface area contributed by atoms with Crippen molar-refractivity contribution < 1.29 is 51.8 Å². The van der Waals surface area contributed by atoms with Gasteiger partial charge in [-0.15, -0.1) is 0 Å². The van der Waals surface area contributed by atoms with Crippen molar-refractivity contribution in [2.24, 2.45) is 0 Å². The van der Waals surface area contributed by atoms with Crippen LogP contribution in [0.4, 0.5) is 0 Å². The normalized spacial score (nSPS) is 21.3. The van der Waals surface area contributed by atoms with Gasteiger partial charge in [0.25, 0.3) is 0 Å². The number of carbonyl (C=O) groups is 1. The van der Waals surface area contributed by atoms with E-state index in [0.717, 1.165) is 51.4 Å². The van der Waals surface area contributed by atoms with Crippen LogP contribution in [-0.2, 0) is 28.9 Å². The van der Waals surface area contributed by atoms with Gasteiger partial charge in [0, 0.05) is 6.42 Å². The summed E-state index contributed by atoms with van der Waals surface area (Å²) in [5, 5.41) is 44.8. The molecule has 0 aromatic heterocycles. The quantitative estimate of drug-likeness (QED) is 0.0257. The molecule has 13 heteroatoms. The van der Waals surface area contributed by atoms with Crippen molar-refractivity contribution in [1.29, 1.82) is 0 Å². The van der Waals surface area contributed by atoms with Gasteiger partial charge >= 0.3 is 10.4 Å². The monoisotopic (exact) mass is 824 g/mol. The second kappa shape index (κ2) is 34.9. The third kappa shape index (κ3) is 27.7. The molecule has 1 amide bonds. The predicted molar refractivity (Wildman–Crippen MR) is 223 cm³/mol. The van der Waals surface area contributed by atoms with Crippen LogP contribution in [0.15, 0.2) is 0 Å². The Kier molecular flexibility index (Phi) is 33.1. The fourth-order valence-electron chi connectivity index (χ4n) is 7.58. The molecule has 7 atom stereocenters. The summed E-state index contributed by atoms with van der Waals surface area (Å²) in [5.41, 5.74) is 0. The van der Waals surface area contributed by atoms with Gasteiger partial charge in [0.1, 0.15) is 24.4 Å². The molecule has 1 heterocycles. The van der Waals surface area contributed by atoms with Crippen molar-refractivity contribution in [2.45, 2.75) is 256 Å². The molecule has 0 bridgehead atoms. The lowest BCUT2D eigenvalue weighted by atomic mass is 9.99. The molecule has 1 saturated heterocycles. The minimum Gasteiger partial charge on any atom is -0.394 e. The van der Waals surface area contributed by atoms with Crippen molar-refractivity contribution in [3.8, 4) is 0 Å². The third-order valence-corrected chi connectivity index (χ3v) is 11.6. The molecule has 0 radical (unpaired) electrons. The lowest BCUT2D eigenvalue weighted by Gasteiger charge is -2.41. The average molecular weight is 824 g/mol. The van der Waals surface area contributed by atoms with Gasteiger partial charge in [0.2, 0.25) is 5.91 Å². The number of aliphatic hydroxyl groups excluding tert-OH is 4. The van der Waals surface area contributed by atoms with Crippen LogP contribution in [-0.4, -0.2) is 95.4 Å². The molecule has 1 rings (SSSR count). The first-order valence-corrected chi connectivity index (χ1v) is 24.3. The Morgan fingerprint density at radius 1 is 0.643 bits per heavy atom. The highest BCUT2D eigenvalue weighted by atomic mass is 32.3. The van der Waals surface area contributed by atoms with Gasteiger partial charge < -0.3 is 35.2 Å². The van der Waals surface area contributed by atoms with Gasteiger partial charge in [-0.3, -0.25) is 9.35 Å². The molecule has 56 heavy (non-hydrogen) atoms. The molecule has 0 spiro atoms. The summed E-state index contributed by atoms with van der Waals surface area (Å²) in [6, 6.07) is -0.850. The van der Waals surface area contributed by atoms with Crippen LogP contribution >= 0.6 is 0 Å². The zero-order chi connectivity index (χ0) is 41.3. The number of hydrogen-bond acceptors (Lipinski definition) is 10. The van der Waals surface area contributed by atoms with Crippen molar-refractivity contribution in [3.63, 3.8) is 0 Å². The van der Waals surface area contributed by atoms with Gasteiger partial charge in [-0.1, -0.05) is 194 Å². The molecule has 6 N–H and O–H groups in total. The lowest BCUT2D eigenvalue weighted by molar-refractivity contribution is -0.298. The Hall–Kier alpha value is -0.900. The number of unbranched alkanes of at least 4 members (excludes halogenated alkanes) is 27. The van der Waals surface area contributed by atoms with E-state index >= 15 is 0 Å². The van der Waals surface area contributed by atoms with Crippen molar-refractivity contribution in [2.75, 3.05) is 13.2 Å². The van der Waals surface area contributed by atoms with Crippen LogP contribution in [0, 0.1) is 0 Å². The van der Waals surface area contributed by atoms with Crippen molar-refractivity contribution >= 4 is 16.3 Å². The molecule has 12 nitrogen and oxygen atoms in total. The van der Waals surface area contributed by atoms with Crippen LogP contribution in [0.3, 0.4) is 0 Å². The first kappa shape index (κ1) is 53.1. The minimum atomic E-state index is -5.07. The Labute approximate surface area is 341 Å². The summed E-state index contributed by atoms with van der Waals surface area (Å²) in [4.78, 5) is 13.0. The minimum absolute atomic E-state index is 0.230. The van der Waals surface area contributed by atoms with E-state index in [1.54, 1.807) is 0 Å². The largest absolute Gasteiger partial charge is 0.397 e. The highest BCUT2D eigenvalue weighted by Gasteiger charge is 2.48. The number of hydrogen-bond donors (Lipinski definition) is 6. The van der Waals surface area contributed by atoms with E-state index in [1.807, 2.05) is 0 Å². The van der Waals surface area contributed by atoms with Crippen LogP contribution in [0.25, 0.3) is 0 Å². The SMILES string of the molecule is CCCCCCCCCCCCCCCCCCCCCC(O)C(COC1OC(CO)C(O)C(OS(=O)(=O)O)C1O)NC(=O)CCCCCCCCCCCC. The number of amides is 1. The second-order valence-electron chi connectivity index (χ2n) is 16.4. The smallest absolute Gasteiger partial charge is 0.394 e. The summed E-state index contributed by atoms with van der Waals surface area (Å²) in [6.45, 7) is 3.43. The molecule has 0 aliphatic carbocycles. The Balaban J connectivity index is 2.45. The summed E-state index contributed by atoms with van der Waals surface area (Å²) in [7, 11) is -5.07. The zero-order valence-electron chi connectivity index (χ0n) is 35.5. The van der Waals surface area contributed by atoms with E-state index in [-0.39, 0.29) is 12.5 Å². The topological polar surface area (TPSA) is 192 Å². The fourth-order valence-corrected chi connectivity index (χ4v) is 8.09. The van der Waals surface area contributed by atoms with E-state index in [4.69, 9.17) is 14.0 Å². The predicted octanol–water partition coefficient (Wildman–Crippen LogP) is 8.61. The van der Waals surface area contributed by atoms with E-state index in [0.29, 0.717) is 12.8 Å². The Morgan fingerprint density at radius 2 is 1.04 bits per heavy atom. The number of nitrogens with one attached hydrogen (secondary N) is 1. The maximum Gasteiger partial charge on any atom is 0.397 e. The molecular weight excluding hydrogens is 739 g/mol. The number of rotatable bonds is 39. The lowest BCUT2D eigenvalue weighted by Crippen LogP contribution is -2.61. The molecule has 334 valence electrons. The standard InChI is InChI=1S/C43H85NO11S/c1-3-5-7-9-11-13-15-16-17-18-19-20-21-22-23-24-26-28-30-32-37(46)36(44-39(47)33-31-29-27-25-14-12-10-8-6-4-2)35-53-43-41(49)42(55-56(50,51)52)40(48)38(34-45)54-43/h36-38,40-43,45-46,48-49H,3-35H2,1-2H3,(H,44,47)(H,50,51,52). The van der Waals surface area contributed by atoms with Crippen molar-refractivity contribution in [1.82, 2.24) is 5.32 Å². The van der Waals surface area contributed by atoms with E-state index < -0.39 is 59.9 Å². The van der Waals surface area contributed by atoms with Gasteiger partial charge in [-0.2, -0.15) is 8.42 Å². The van der Waals surface area contributed by atoms with E-state index in [1.165, 1.54) is 135 Å². The van der Waals surface area contributed by atoms with Crippen molar-refractivity contribution in [3.05, 3.63) is 0 Å². The van der Waals surface area contributed by atoms with Crippen LogP contribution < -0.4 is 5.32 Å². The van der Waals surface area contributed by atoms with Crippen LogP contribution in [0.5, 0.6) is 0 Å². The second-order valence-corrected chi connectivity index (χ2v) is 17.4. The maximum absolute atomic E-state index is 13.0. The van der Waals surface area contributed by atoms with Crippen LogP contribution in [0.2, 0.25) is 0 Å². The zero-order valence-corrected chi connectivity index (χ0v) is 36.3. The summed E-state index contributed by atoms with van der Waals surface area (Å²) in [5.74, 6) is -0.230. The van der Waals surface area contributed by atoms with Gasteiger partial charge in [-0.05, 0) is 12.8 Å². The highest BCUT2D eigenvalue weighted by Crippen LogP contribution is 2.26. The summed E-state index contributed by atoms with van der Waals surface area (Å²) in [6.07, 6.45) is 26.8. The van der Waals surface area contributed by atoms with Crippen LogP contribution in [0.1, 0.15) is 213 Å². The maximum atomic E-state index is 13.0. The number of ether oxygens (including phenoxy) is 2. The molecule has 0 aromatic carbocycles. The number of aliphatic hydroxyl groups is 4. The molecule has 0 aromatic rings. The molecular formula is C43H85NO11S. The van der Waals surface area contributed by atoms with E-state index in [2.05, 4.69) is 23.3 Å². The van der Waals surface area contributed by atoms with Gasteiger partial charge in [0.05, 0.1) is 25.4 Å². The average Bonchev–Trinajstić information content (AvgIpc) is 3.16. The molecule has 1 fully saturated rings. The third-order valence-electron chi connectivity index (χ3n) is 11.2. The molecule has 1 aliphatic rings. The molecule has 7 unspecified atom stereocenters. The van der Waals surface area contributed by atoms with E-state index in [9.17, 15) is 33.6 Å². The fraction of sp³-hybridized carbons (Fsp3) is 0.977. The summed E-state index contributed by atoms with van der Waals surface area (Å²) >= 11 is 0. The first-order valence-electron chi connectivity index (χ1n) is 22.9. The Bertz CT molecular complexity index is 1020. The Morgan fingerprint density at radius 3 is 1.43 bits per heavy atom. The van der Waals surface area contributed by atoms with Gasteiger partial charge in [-0.25, -0.2) is 4.18 Å². The highest BCUT2D eigenvalue weighted by molar-refractivity contribution is 7.80. The van der Waals surface area contributed by atoms with Gasteiger partial charge in [0.15, 0.2) is 6.29 Å². The molecule has 0 saturated carbocycles. The number of carbonyl (C=O) groups excluding carboxylic acids is 1. The first-order chi connectivity index (χ1) is 27.0. The summed E-state index contributed by atoms with van der Waals surface area (Å²) < 4.78 is 47.6. The molecule has 1 aliphatic heterocycles.